The number of nitrogens with zero attached hydrogens (tertiary/aromatic N) is 1. The number of halogens is 2. The van der Waals surface area contributed by atoms with Gasteiger partial charge in [-0.15, -0.1) is 0 Å². The maximum absolute atomic E-state index is 12.0. The minimum atomic E-state index is -0.747. The standard InChI is InChI=1S/C13H9Cl2NO4S/c1-2-19-9-5-7(6-17)3-4-8(9)20-13(18)11-10(14)12(15)21-16-11/h3-6H,2H2,1H3. The van der Waals surface area contributed by atoms with Crippen molar-refractivity contribution in [2.75, 3.05) is 6.61 Å². The van der Waals surface area contributed by atoms with E-state index in [9.17, 15) is 9.59 Å². The number of carbonyl (C=O) groups excluding carboxylic acids is 2. The summed E-state index contributed by atoms with van der Waals surface area (Å²) in [6.45, 7) is 2.13. The second-order valence-electron chi connectivity index (χ2n) is 3.77. The van der Waals surface area contributed by atoms with E-state index in [1.807, 2.05) is 0 Å². The summed E-state index contributed by atoms with van der Waals surface area (Å²) < 4.78 is 14.6. The molecule has 8 heteroatoms. The lowest BCUT2D eigenvalue weighted by molar-refractivity contribution is 0.0724. The van der Waals surface area contributed by atoms with Gasteiger partial charge in [0.1, 0.15) is 15.6 Å². The first-order valence-electron chi connectivity index (χ1n) is 5.81. The van der Waals surface area contributed by atoms with E-state index in [1.165, 1.54) is 18.2 Å². The molecule has 0 aliphatic carbocycles. The van der Waals surface area contributed by atoms with Crippen LogP contribution in [0.2, 0.25) is 9.36 Å². The van der Waals surface area contributed by atoms with Crippen molar-refractivity contribution in [2.45, 2.75) is 6.92 Å². The van der Waals surface area contributed by atoms with Crippen molar-refractivity contribution in [3.05, 3.63) is 38.8 Å². The third-order valence-electron chi connectivity index (χ3n) is 2.40. The smallest absolute Gasteiger partial charge is 0.365 e. The Balaban J connectivity index is 2.28. The molecule has 110 valence electrons. The lowest BCUT2D eigenvalue weighted by Gasteiger charge is -2.10. The van der Waals surface area contributed by atoms with Gasteiger partial charge in [0, 0.05) is 5.56 Å². The van der Waals surface area contributed by atoms with Crippen LogP contribution in [0.3, 0.4) is 0 Å². The summed E-state index contributed by atoms with van der Waals surface area (Å²) in [7, 11) is 0. The van der Waals surface area contributed by atoms with Gasteiger partial charge in [0.2, 0.25) is 0 Å². The maximum atomic E-state index is 12.0. The van der Waals surface area contributed by atoms with E-state index in [0.717, 1.165) is 11.5 Å². The summed E-state index contributed by atoms with van der Waals surface area (Å²) in [5, 5.41) is 0.0501. The van der Waals surface area contributed by atoms with Gasteiger partial charge in [-0.25, -0.2) is 4.79 Å². The van der Waals surface area contributed by atoms with E-state index in [1.54, 1.807) is 6.92 Å². The van der Waals surface area contributed by atoms with Crippen molar-refractivity contribution in [1.82, 2.24) is 4.37 Å². The van der Waals surface area contributed by atoms with Gasteiger partial charge in [-0.3, -0.25) is 4.79 Å². The largest absolute Gasteiger partial charge is 0.490 e. The number of ether oxygens (including phenoxy) is 2. The predicted octanol–water partition coefficient (Wildman–Crippen LogP) is 3.88. The molecule has 1 aromatic heterocycles. The van der Waals surface area contributed by atoms with Crippen LogP contribution < -0.4 is 9.47 Å². The van der Waals surface area contributed by atoms with Gasteiger partial charge < -0.3 is 9.47 Å². The number of aldehydes is 1. The number of esters is 1. The molecule has 21 heavy (non-hydrogen) atoms. The van der Waals surface area contributed by atoms with Crippen LogP contribution in [0.5, 0.6) is 11.5 Å². The first-order chi connectivity index (χ1) is 10.1. The highest BCUT2D eigenvalue weighted by molar-refractivity contribution is 7.11. The number of aromatic nitrogens is 1. The van der Waals surface area contributed by atoms with E-state index >= 15 is 0 Å². The van der Waals surface area contributed by atoms with E-state index in [4.69, 9.17) is 32.7 Å². The van der Waals surface area contributed by atoms with Crippen molar-refractivity contribution in [3.8, 4) is 11.5 Å². The summed E-state index contributed by atoms with van der Waals surface area (Å²) in [4.78, 5) is 22.8. The Morgan fingerprint density at radius 2 is 2.14 bits per heavy atom. The van der Waals surface area contributed by atoms with E-state index in [2.05, 4.69) is 4.37 Å². The highest BCUT2D eigenvalue weighted by Gasteiger charge is 2.21. The molecule has 0 radical (unpaired) electrons. The zero-order chi connectivity index (χ0) is 15.4. The molecule has 0 spiro atoms. The number of carbonyl (C=O) groups is 2. The highest BCUT2D eigenvalue weighted by Crippen LogP contribution is 2.32. The van der Waals surface area contributed by atoms with E-state index in [-0.39, 0.29) is 26.6 Å². The van der Waals surface area contributed by atoms with Gasteiger partial charge in [-0.05, 0) is 36.7 Å². The molecule has 0 atom stereocenters. The average molecular weight is 346 g/mol. The van der Waals surface area contributed by atoms with Gasteiger partial charge in [0.05, 0.1) is 6.61 Å². The summed E-state index contributed by atoms with van der Waals surface area (Å²) in [5.74, 6) is -0.288. The molecule has 1 heterocycles. The van der Waals surface area contributed by atoms with Crippen LogP contribution in [0.4, 0.5) is 0 Å². The van der Waals surface area contributed by atoms with Crippen LogP contribution in [0, 0.1) is 0 Å². The topological polar surface area (TPSA) is 65.5 Å². The molecule has 0 N–H and O–H groups in total. The van der Waals surface area contributed by atoms with E-state index in [0.29, 0.717) is 18.5 Å². The van der Waals surface area contributed by atoms with Crippen LogP contribution in [0.1, 0.15) is 27.8 Å². The van der Waals surface area contributed by atoms with Gasteiger partial charge >= 0.3 is 5.97 Å². The molecule has 0 aliphatic heterocycles. The summed E-state index contributed by atoms with van der Waals surface area (Å²) >= 11 is 12.5. The molecule has 0 bridgehead atoms. The Labute approximate surface area is 134 Å². The van der Waals surface area contributed by atoms with Crippen LogP contribution in [0.15, 0.2) is 18.2 Å². The Morgan fingerprint density at radius 3 is 2.71 bits per heavy atom. The Kier molecular flexibility index (Phi) is 5.17. The molecule has 5 nitrogen and oxygen atoms in total. The third-order valence-corrected chi connectivity index (χ3v) is 4.01. The molecule has 0 fully saturated rings. The predicted molar refractivity (Wildman–Crippen MR) is 80.1 cm³/mol. The van der Waals surface area contributed by atoms with Gasteiger partial charge in [-0.1, -0.05) is 23.2 Å². The third kappa shape index (κ3) is 3.53. The summed E-state index contributed by atoms with van der Waals surface area (Å²) in [6, 6.07) is 4.46. The first-order valence-corrected chi connectivity index (χ1v) is 7.34. The molecular formula is C13H9Cl2NO4S. The van der Waals surface area contributed by atoms with Crippen LogP contribution in [-0.2, 0) is 0 Å². The van der Waals surface area contributed by atoms with Gasteiger partial charge in [0.25, 0.3) is 0 Å². The maximum Gasteiger partial charge on any atom is 0.365 e. The Bertz CT molecular complexity index is 687. The summed E-state index contributed by atoms with van der Waals surface area (Å²) in [6.07, 6.45) is 0.672. The lowest BCUT2D eigenvalue weighted by Crippen LogP contribution is -2.10. The quantitative estimate of drug-likeness (QED) is 0.467. The van der Waals surface area contributed by atoms with E-state index < -0.39 is 5.97 Å². The zero-order valence-corrected chi connectivity index (χ0v) is 13.1. The van der Waals surface area contributed by atoms with Crippen LogP contribution in [-0.4, -0.2) is 23.2 Å². The first kappa shape index (κ1) is 15.8. The molecule has 1 aromatic carbocycles. The van der Waals surface area contributed by atoms with Crippen LogP contribution in [0.25, 0.3) is 0 Å². The van der Waals surface area contributed by atoms with Crippen molar-refractivity contribution >= 4 is 47.0 Å². The monoisotopic (exact) mass is 345 g/mol. The molecule has 2 aromatic rings. The van der Waals surface area contributed by atoms with Crippen molar-refractivity contribution in [2.24, 2.45) is 0 Å². The number of hydrogen-bond donors (Lipinski definition) is 0. The fraction of sp³-hybridized carbons (Fsp3) is 0.154. The SMILES string of the molecule is CCOc1cc(C=O)ccc1OC(=O)c1nsc(Cl)c1Cl. The fourth-order valence-electron chi connectivity index (χ4n) is 1.48. The Morgan fingerprint density at radius 1 is 1.38 bits per heavy atom. The van der Waals surface area contributed by atoms with Gasteiger partial charge in [-0.2, -0.15) is 4.37 Å². The van der Waals surface area contributed by atoms with Crippen molar-refractivity contribution in [1.29, 1.82) is 0 Å². The molecule has 2 rings (SSSR count). The van der Waals surface area contributed by atoms with Gasteiger partial charge in [0.15, 0.2) is 17.2 Å². The molecular weight excluding hydrogens is 337 g/mol. The number of rotatable bonds is 5. The second kappa shape index (κ2) is 6.89. The van der Waals surface area contributed by atoms with Crippen molar-refractivity contribution < 1.29 is 19.1 Å². The molecule has 0 unspecified atom stereocenters. The van der Waals surface area contributed by atoms with Crippen LogP contribution >= 0.6 is 34.7 Å². The average Bonchev–Trinajstić information content (AvgIpc) is 2.81. The minimum absolute atomic E-state index is 0.0501. The molecule has 0 aliphatic rings. The number of benzene rings is 1. The Hall–Kier alpha value is -1.63. The number of hydrogen-bond acceptors (Lipinski definition) is 6. The van der Waals surface area contributed by atoms with Crippen molar-refractivity contribution in [3.63, 3.8) is 0 Å². The highest BCUT2D eigenvalue weighted by atomic mass is 35.5. The second-order valence-corrected chi connectivity index (χ2v) is 5.52. The zero-order valence-electron chi connectivity index (χ0n) is 10.8. The lowest BCUT2D eigenvalue weighted by atomic mass is 10.2. The normalized spacial score (nSPS) is 10.2. The fourth-order valence-corrected chi connectivity index (χ4v) is 2.46. The minimum Gasteiger partial charge on any atom is -0.490 e. The molecule has 0 amide bonds. The molecule has 0 saturated carbocycles. The molecule has 0 saturated heterocycles. The summed E-state index contributed by atoms with van der Waals surface area (Å²) in [5.41, 5.74) is 0.349.